The van der Waals surface area contributed by atoms with Gasteiger partial charge in [-0.1, -0.05) is 0 Å². The number of hydrogen-bond donors (Lipinski definition) is 0. The Bertz CT molecular complexity index is 460. The van der Waals surface area contributed by atoms with Crippen LogP contribution in [-0.2, 0) is 9.47 Å². The van der Waals surface area contributed by atoms with Crippen LogP contribution >= 0.6 is 11.3 Å². The lowest BCUT2D eigenvalue weighted by atomic mass is 10.2. The maximum absolute atomic E-state index is 11.7. The van der Waals surface area contributed by atoms with Gasteiger partial charge in [0.25, 0.3) is 0 Å². The molecule has 0 saturated carbocycles. The minimum Gasteiger partial charge on any atom is -0.474 e. The van der Waals surface area contributed by atoms with Gasteiger partial charge in [-0.3, -0.25) is 0 Å². The molecule has 92 valence electrons. The molecule has 0 radical (unpaired) electrons. The van der Waals surface area contributed by atoms with Gasteiger partial charge in [0.2, 0.25) is 5.90 Å². The van der Waals surface area contributed by atoms with E-state index in [4.69, 9.17) is 9.47 Å². The number of nitrogens with zero attached hydrogens (tertiary/aromatic N) is 2. The number of aliphatic imine (C=N–C) groups is 1. The summed E-state index contributed by atoms with van der Waals surface area (Å²) in [6.07, 6.45) is 0. The Morgan fingerprint density at radius 2 is 2.29 bits per heavy atom. The molecule has 0 spiro atoms. The zero-order valence-electron chi connectivity index (χ0n) is 10.0. The van der Waals surface area contributed by atoms with Crippen LogP contribution in [0.2, 0.25) is 0 Å². The summed E-state index contributed by atoms with van der Waals surface area (Å²) in [5.74, 6) is 0.100. The average molecular weight is 254 g/mol. The predicted molar refractivity (Wildman–Crippen MR) is 64.6 cm³/mol. The van der Waals surface area contributed by atoms with Crippen molar-refractivity contribution in [2.45, 2.75) is 26.4 Å². The summed E-state index contributed by atoms with van der Waals surface area (Å²) in [6.45, 7) is 6.69. The maximum atomic E-state index is 11.7. The summed E-state index contributed by atoms with van der Waals surface area (Å²) in [4.78, 5) is 20.0. The first-order valence-corrected chi connectivity index (χ1v) is 6.20. The van der Waals surface area contributed by atoms with Gasteiger partial charge >= 0.3 is 5.97 Å². The van der Waals surface area contributed by atoms with E-state index in [0.29, 0.717) is 29.8 Å². The van der Waals surface area contributed by atoms with Crippen LogP contribution in [0.1, 0.15) is 36.3 Å². The lowest BCUT2D eigenvalue weighted by Gasteiger charge is -2.18. The van der Waals surface area contributed by atoms with Crippen molar-refractivity contribution in [2.75, 3.05) is 13.2 Å². The molecule has 6 heteroatoms. The smallest absolute Gasteiger partial charge is 0.358 e. The molecule has 0 atom stereocenters. The molecule has 0 aromatic carbocycles. The zero-order chi connectivity index (χ0) is 12.5. The maximum Gasteiger partial charge on any atom is 0.358 e. The topological polar surface area (TPSA) is 60.8 Å². The lowest BCUT2D eigenvalue weighted by Crippen LogP contribution is -2.24. The second-order valence-electron chi connectivity index (χ2n) is 4.58. The van der Waals surface area contributed by atoms with Gasteiger partial charge in [0, 0.05) is 5.38 Å². The molecule has 2 heterocycles. The Morgan fingerprint density at radius 3 is 2.88 bits per heavy atom. The molecule has 0 saturated heterocycles. The van der Waals surface area contributed by atoms with E-state index in [1.54, 1.807) is 5.38 Å². The number of thiazole rings is 1. The van der Waals surface area contributed by atoms with Gasteiger partial charge in [0.05, 0.1) is 6.54 Å². The minimum atomic E-state index is -0.512. The first kappa shape index (κ1) is 12.0. The van der Waals surface area contributed by atoms with Crippen molar-refractivity contribution in [3.05, 3.63) is 16.1 Å². The number of aromatic nitrogens is 1. The molecule has 0 unspecified atom stereocenters. The monoisotopic (exact) mass is 254 g/mol. The number of carbonyl (C=O) groups excluding carboxylic acids is 1. The molecular weight excluding hydrogens is 240 g/mol. The van der Waals surface area contributed by atoms with Crippen LogP contribution in [0, 0.1) is 0 Å². The highest BCUT2D eigenvalue weighted by molar-refractivity contribution is 7.11. The van der Waals surface area contributed by atoms with E-state index in [-0.39, 0.29) is 0 Å². The Labute approximate surface area is 103 Å². The second-order valence-corrected chi connectivity index (χ2v) is 5.43. The highest BCUT2D eigenvalue weighted by atomic mass is 32.1. The number of ether oxygens (including phenoxy) is 2. The zero-order valence-corrected chi connectivity index (χ0v) is 10.8. The van der Waals surface area contributed by atoms with Crippen molar-refractivity contribution in [2.24, 2.45) is 4.99 Å². The third-order valence-electron chi connectivity index (χ3n) is 1.88. The Morgan fingerprint density at radius 1 is 1.53 bits per heavy atom. The lowest BCUT2D eigenvalue weighted by molar-refractivity contribution is 0.00637. The quantitative estimate of drug-likeness (QED) is 0.756. The summed E-state index contributed by atoms with van der Waals surface area (Å²) >= 11 is 1.33. The predicted octanol–water partition coefficient (Wildman–Crippen LogP) is 1.88. The first-order chi connectivity index (χ1) is 7.96. The molecule has 0 N–H and O–H groups in total. The van der Waals surface area contributed by atoms with E-state index in [1.165, 1.54) is 11.3 Å². The van der Waals surface area contributed by atoms with Crippen LogP contribution in [-0.4, -0.2) is 35.6 Å². The third kappa shape index (κ3) is 3.03. The van der Waals surface area contributed by atoms with E-state index in [9.17, 15) is 4.79 Å². The molecule has 5 nitrogen and oxygen atoms in total. The van der Waals surface area contributed by atoms with Gasteiger partial charge in [0.15, 0.2) is 10.7 Å². The summed E-state index contributed by atoms with van der Waals surface area (Å²) in [5.41, 5.74) is -0.208. The van der Waals surface area contributed by atoms with E-state index >= 15 is 0 Å². The SMILES string of the molecule is CC(C)(C)OC(=O)c1csc(C2=NCCO2)n1. The molecule has 0 bridgehead atoms. The van der Waals surface area contributed by atoms with E-state index < -0.39 is 11.6 Å². The van der Waals surface area contributed by atoms with E-state index in [1.807, 2.05) is 20.8 Å². The van der Waals surface area contributed by atoms with Crippen LogP contribution in [0.3, 0.4) is 0 Å². The Hall–Kier alpha value is -1.43. The van der Waals surface area contributed by atoms with E-state index in [0.717, 1.165) is 0 Å². The first-order valence-electron chi connectivity index (χ1n) is 5.32. The van der Waals surface area contributed by atoms with Gasteiger partial charge in [-0.15, -0.1) is 11.3 Å². The third-order valence-corrected chi connectivity index (χ3v) is 2.71. The van der Waals surface area contributed by atoms with Crippen molar-refractivity contribution in [3.63, 3.8) is 0 Å². The highest BCUT2D eigenvalue weighted by Gasteiger charge is 2.22. The Balaban J connectivity index is 2.10. The summed E-state index contributed by atoms with van der Waals surface area (Å²) in [7, 11) is 0. The second kappa shape index (κ2) is 4.44. The normalized spacial score (nSPS) is 15.4. The molecule has 2 rings (SSSR count). The van der Waals surface area contributed by atoms with Gasteiger partial charge in [-0.05, 0) is 20.8 Å². The average Bonchev–Trinajstić information content (AvgIpc) is 2.86. The minimum absolute atomic E-state index is 0.304. The molecule has 1 aliphatic rings. The number of rotatable bonds is 2. The molecule has 1 aliphatic heterocycles. The molecule has 1 aromatic heterocycles. The van der Waals surface area contributed by atoms with Crippen LogP contribution < -0.4 is 0 Å². The summed E-state index contributed by atoms with van der Waals surface area (Å²) < 4.78 is 10.5. The fourth-order valence-electron chi connectivity index (χ4n) is 1.26. The molecule has 0 amide bonds. The number of carbonyl (C=O) groups is 1. The van der Waals surface area contributed by atoms with Gasteiger partial charge in [-0.2, -0.15) is 0 Å². The number of hydrogen-bond acceptors (Lipinski definition) is 6. The summed E-state index contributed by atoms with van der Waals surface area (Å²) in [5, 5.41) is 2.29. The number of esters is 1. The van der Waals surface area contributed by atoms with Gasteiger partial charge < -0.3 is 9.47 Å². The standard InChI is InChI=1S/C11H14N2O3S/c1-11(2,3)16-10(14)7-6-17-9(13-7)8-12-4-5-15-8/h6H,4-5H2,1-3H3. The van der Waals surface area contributed by atoms with Crippen molar-refractivity contribution < 1.29 is 14.3 Å². The van der Waals surface area contributed by atoms with Crippen LogP contribution in [0.5, 0.6) is 0 Å². The van der Waals surface area contributed by atoms with E-state index in [2.05, 4.69) is 9.98 Å². The Kier molecular flexibility index (Phi) is 3.15. The van der Waals surface area contributed by atoms with Crippen LogP contribution in [0.15, 0.2) is 10.4 Å². The largest absolute Gasteiger partial charge is 0.474 e. The molecular formula is C11H14N2O3S. The molecule has 0 fully saturated rings. The summed E-state index contributed by atoms with van der Waals surface area (Å²) in [6, 6.07) is 0. The highest BCUT2D eigenvalue weighted by Crippen LogP contribution is 2.17. The molecule has 0 aliphatic carbocycles. The van der Waals surface area contributed by atoms with Crippen molar-refractivity contribution in [3.8, 4) is 0 Å². The van der Waals surface area contributed by atoms with Crippen LogP contribution in [0.4, 0.5) is 0 Å². The van der Waals surface area contributed by atoms with Crippen LogP contribution in [0.25, 0.3) is 0 Å². The molecule has 17 heavy (non-hydrogen) atoms. The van der Waals surface area contributed by atoms with Crippen molar-refractivity contribution in [1.82, 2.24) is 4.98 Å². The molecule has 1 aromatic rings. The van der Waals surface area contributed by atoms with Gasteiger partial charge in [-0.25, -0.2) is 14.8 Å². The van der Waals surface area contributed by atoms with Crippen molar-refractivity contribution in [1.29, 1.82) is 0 Å². The fourth-order valence-corrected chi connectivity index (χ4v) is 2.01. The van der Waals surface area contributed by atoms with Gasteiger partial charge in [0.1, 0.15) is 12.2 Å². The fraction of sp³-hybridized carbons (Fsp3) is 0.545. The van der Waals surface area contributed by atoms with Crippen molar-refractivity contribution >= 4 is 23.2 Å².